The maximum Gasteiger partial charge on any atom is 0.310 e. The van der Waals surface area contributed by atoms with Crippen LogP contribution in [0.15, 0.2) is 48.5 Å². The van der Waals surface area contributed by atoms with Crippen molar-refractivity contribution in [3.05, 3.63) is 70.8 Å². The number of amides is 1. The van der Waals surface area contributed by atoms with Crippen LogP contribution in [-0.2, 0) is 60.5 Å². The average Bonchev–Trinajstić information content (AvgIpc) is 3.19. The second kappa shape index (κ2) is 14.4. The van der Waals surface area contributed by atoms with E-state index in [1.165, 1.54) is 0 Å². The Bertz CT molecular complexity index is 1240. The predicted molar refractivity (Wildman–Crippen MR) is 144 cm³/mol. The Morgan fingerprint density at radius 2 is 1.27 bits per heavy atom. The van der Waals surface area contributed by atoms with Crippen LogP contribution in [0.5, 0.6) is 0 Å². The van der Waals surface area contributed by atoms with Crippen molar-refractivity contribution in [2.45, 2.75) is 78.1 Å². The maximum absolute atomic E-state index is 12.9. The minimum Gasteiger partial charge on any atom is -0.461 e. The van der Waals surface area contributed by atoms with E-state index < -0.39 is 67.0 Å². The van der Waals surface area contributed by atoms with Crippen LogP contribution in [0.4, 0.5) is 0 Å². The molecule has 1 N–H and O–H groups in total. The second-order valence-electron chi connectivity index (χ2n) is 9.89. The Morgan fingerprint density at radius 3 is 1.78 bits per heavy atom. The molecule has 1 heterocycles. The Morgan fingerprint density at radius 1 is 0.756 bits per heavy atom. The summed E-state index contributed by atoms with van der Waals surface area (Å²) in [6.07, 6.45) is -6.35. The topological polar surface area (TPSA) is 144 Å². The summed E-state index contributed by atoms with van der Waals surface area (Å²) in [7, 11) is 0. The fourth-order valence-corrected chi connectivity index (χ4v) is 4.35. The molecule has 11 heteroatoms. The summed E-state index contributed by atoms with van der Waals surface area (Å²) in [4.78, 5) is 61.4. The molecule has 1 aliphatic rings. The first kappa shape index (κ1) is 31.3. The van der Waals surface area contributed by atoms with Crippen LogP contribution in [0, 0.1) is 13.8 Å². The van der Waals surface area contributed by atoms with E-state index in [0.717, 1.165) is 43.0 Å². The van der Waals surface area contributed by atoms with Gasteiger partial charge in [-0.05, 0) is 25.0 Å². The summed E-state index contributed by atoms with van der Waals surface area (Å²) in [5.74, 6) is -3.21. The minimum absolute atomic E-state index is 0.000170. The fourth-order valence-electron chi connectivity index (χ4n) is 4.35. The smallest absolute Gasteiger partial charge is 0.310 e. The number of carbonyl (C=O) groups is 5. The van der Waals surface area contributed by atoms with E-state index in [1.807, 2.05) is 38.1 Å². The monoisotopic (exact) mass is 569 g/mol. The molecular weight excluding hydrogens is 534 g/mol. The van der Waals surface area contributed by atoms with Crippen molar-refractivity contribution in [1.82, 2.24) is 5.32 Å². The molecule has 41 heavy (non-hydrogen) atoms. The van der Waals surface area contributed by atoms with E-state index in [4.69, 9.17) is 23.7 Å². The first-order valence-electron chi connectivity index (χ1n) is 13.1. The number of aryl methyl sites for hydroxylation is 2. The third-order valence-electron chi connectivity index (χ3n) is 6.20. The van der Waals surface area contributed by atoms with Crippen molar-refractivity contribution in [2.75, 3.05) is 6.61 Å². The lowest BCUT2D eigenvalue weighted by Gasteiger charge is -2.27. The van der Waals surface area contributed by atoms with Gasteiger partial charge in [0.05, 0.1) is 12.8 Å². The van der Waals surface area contributed by atoms with Crippen molar-refractivity contribution < 1.29 is 47.7 Å². The lowest BCUT2D eigenvalue weighted by atomic mass is 10.0. The maximum atomic E-state index is 12.9. The van der Waals surface area contributed by atoms with Gasteiger partial charge in [0.15, 0.2) is 24.5 Å². The van der Waals surface area contributed by atoms with Crippen LogP contribution in [0.1, 0.15) is 43.0 Å². The summed E-state index contributed by atoms with van der Waals surface area (Å²) in [5, 5.41) is 2.66. The zero-order valence-electron chi connectivity index (χ0n) is 23.7. The molecule has 0 aliphatic carbocycles. The second-order valence-corrected chi connectivity index (χ2v) is 9.89. The quantitative estimate of drug-likeness (QED) is 0.316. The molecule has 1 aliphatic heterocycles. The highest BCUT2D eigenvalue weighted by atomic mass is 16.7. The summed E-state index contributed by atoms with van der Waals surface area (Å²) >= 11 is 0. The molecule has 0 radical (unpaired) electrons. The number of carbonyl (C=O) groups excluding carboxylic acids is 5. The van der Waals surface area contributed by atoms with Crippen LogP contribution in [0.25, 0.3) is 0 Å². The van der Waals surface area contributed by atoms with Crippen LogP contribution >= 0.6 is 0 Å². The SMILES string of the molecule is CC(=O)O[C@@H]1[C@H]([C@@H](COC(=O)Cc2ccc(C)cc2)OC(C)=O)O[C@@H](NC(=O)Cc2ccc(C)cc2)[C@H]1OC(C)=O. The summed E-state index contributed by atoms with van der Waals surface area (Å²) in [5.41, 5.74) is 3.54. The highest BCUT2D eigenvalue weighted by molar-refractivity contribution is 5.79. The molecule has 1 amide bonds. The number of rotatable bonds is 11. The largest absolute Gasteiger partial charge is 0.461 e. The molecule has 0 bridgehead atoms. The van der Waals surface area contributed by atoms with E-state index in [-0.39, 0.29) is 12.8 Å². The van der Waals surface area contributed by atoms with E-state index >= 15 is 0 Å². The molecule has 0 aromatic heterocycles. The molecule has 0 spiro atoms. The first-order valence-corrected chi connectivity index (χ1v) is 13.1. The van der Waals surface area contributed by atoms with E-state index in [9.17, 15) is 24.0 Å². The molecular formula is C30H35NO10. The van der Waals surface area contributed by atoms with Gasteiger partial charge in [-0.1, -0.05) is 59.7 Å². The van der Waals surface area contributed by atoms with Gasteiger partial charge in [-0.15, -0.1) is 0 Å². The van der Waals surface area contributed by atoms with Gasteiger partial charge in [0, 0.05) is 20.8 Å². The fraction of sp³-hybridized carbons (Fsp3) is 0.433. The summed E-state index contributed by atoms with van der Waals surface area (Å²) < 4.78 is 27.6. The zero-order valence-corrected chi connectivity index (χ0v) is 23.7. The number of ether oxygens (including phenoxy) is 5. The molecule has 3 rings (SSSR count). The third kappa shape index (κ3) is 9.71. The molecule has 11 nitrogen and oxygen atoms in total. The van der Waals surface area contributed by atoms with Gasteiger partial charge in [0.2, 0.25) is 5.91 Å². The predicted octanol–water partition coefficient (Wildman–Crippen LogP) is 2.27. The lowest BCUT2D eigenvalue weighted by Crippen LogP contribution is -2.48. The zero-order chi connectivity index (χ0) is 30.1. The van der Waals surface area contributed by atoms with Gasteiger partial charge in [-0.3, -0.25) is 24.0 Å². The van der Waals surface area contributed by atoms with Crippen LogP contribution in [0.3, 0.4) is 0 Å². The lowest BCUT2D eigenvalue weighted by molar-refractivity contribution is -0.177. The van der Waals surface area contributed by atoms with Gasteiger partial charge in [-0.2, -0.15) is 0 Å². The van der Waals surface area contributed by atoms with E-state index in [1.54, 1.807) is 24.3 Å². The number of esters is 4. The van der Waals surface area contributed by atoms with Crippen LogP contribution < -0.4 is 5.32 Å². The van der Waals surface area contributed by atoms with Crippen molar-refractivity contribution in [3.8, 4) is 0 Å². The first-order chi connectivity index (χ1) is 19.4. The Balaban J connectivity index is 1.79. The number of hydrogen-bond donors (Lipinski definition) is 1. The molecule has 2 aromatic carbocycles. The molecule has 1 fully saturated rings. The average molecular weight is 570 g/mol. The Hall–Kier alpha value is -4.25. The van der Waals surface area contributed by atoms with Crippen molar-refractivity contribution in [3.63, 3.8) is 0 Å². The summed E-state index contributed by atoms with van der Waals surface area (Å²) in [6, 6.07) is 14.7. The van der Waals surface area contributed by atoms with E-state index in [2.05, 4.69) is 5.32 Å². The van der Waals surface area contributed by atoms with Crippen LogP contribution in [-0.4, -0.2) is 67.0 Å². The van der Waals surface area contributed by atoms with Crippen LogP contribution in [0.2, 0.25) is 0 Å². The van der Waals surface area contributed by atoms with E-state index in [0.29, 0.717) is 0 Å². The van der Waals surface area contributed by atoms with Gasteiger partial charge in [0.1, 0.15) is 12.7 Å². The number of hydrogen-bond acceptors (Lipinski definition) is 10. The highest BCUT2D eigenvalue weighted by Gasteiger charge is 2.53. The molecule has 1 saturated heterocycles. The third-order valence-corrected chi connectivity index (χ3v) is 6.20. The highest BCUT2D eigenvalue weighted by Crippen LogP contribution is 2.30. The molecule has 0 saturated carbocycles. The summed E-state index contributed by atoms with van der Waals surface area (Å²) in [6.45, 7) is 6.86. The molecule has 220 valence electrons. The van der Waals surface area contributed by atoms with Gasteiger partial charge < -0.3 is 29.0 Å². The van der Waals surface area contributed by atoms with Gasteiger partial charge in [0.25, 0.3) is 0 Å². The van der Waals surface area contributed by atoms with Crippen molar-refractivity contribution in [1.29, 1.82) is 0 Å². The van der Waals surface area contributed by atoms with Gasteiger partial charge >= 0.3 is 23.9 Å². The Labute approximate surface area is 238 Å². The normalized spacial score (nSPS) is 20.4. The van der Waals surface area contributed by atoms with Gasteiger partial charge in [-0.25, -0.2) is 0 Å². The van der Waals surface area contributed by atoms with Crippen molar-refractivity contribution >= 4 is 29.8 Å². The molecule has 2 aromatic rings. The molecule has 0 unspecified atom stereocenters. The van der Waals surface area contributed by atoms with Crippen molar-refractivity contribution in [2.24, 2.45) is 0 Å². The standard InChI is InChI=1S/C30H35NO10/c1-17-6-10-22(11-7-17)14-25(35)31-30-29(40-21(5)34)28(39-20(4)33)27(41-30)24(38-19(3)32)16-37-26(36)15-23-12-8-18(2)9-13-23/h6-13,24,27-30H,14-16H2,1-5H3,(H,31,35)/t24-,27+,28-,29+,30-/m1/s1. The number of nitrogens with one attached hydrogen (secondary N) is 1. The minimum atomic E-state index is -1.29. The molecule has 5 atom stereocenters. The number of benzene rings is 2. The Kier molecular flexibility index (Phi) is 11.0.